The van der Waals surface area contributed by atoms with Crippen molar-refractivity contribution in [1.29, 1.82) is 0 Å². The summed E-state index contributed by atoms with van der Waals surface area (Å²) in [5.74, 6) is 1.32. The maximum Gasteiger partial charge on any atom is 0.251 e. The third kappa shape index (κ3) is 5.23. The van der Waals surface area contributed by atoms with E-state index < -0.39 is 6.04 Å². The highest BCUT2D eigenvalue weighted by Gasteiger charge is 2.34. The smallest absolute Gasteiger partial charge is 0.251 e. The first-order chi connectivity index (χ1) is 12.5. The SMILES string of the molecule is Cc1ccc(C(=O)NC(C(=O)N2CC[C@@H]3CNC[C@@H]3CC2)C(C)C)cc1.Cl. The van der Waals surface area contributed by atoms with Crippen molar-refractivity contribution in [2.24, 2.45) is 17.8 Å². The molecule has 3 rings (SSSR count). The Morgan fingerprint density at radius 2 is 1.63 bits per heavy atom. The number of hydrogen-bond donors (Lipinski definition) is 2. The summed E-state index contributed by atoms with van der Waals surface area (Å²) in [7, 11) is 0. The Morgan fingerprint density at radius 3 is 2.15 bits per heavy atom. The van der Waals surface area contributed by atoms with Crippen molar-refractivity contribution in [3.8, 4) is 0 Å². The minimum absolute atomic E-state index is 0. The molecule has 2 aliphatic heterocycles. The van der Waals surface area contributed by atoms with Crippen LogP contribution in [-0.2, 0) is 4.79 Å². The lowest BCUT2D eigenvalue weighted by Crippen LogP contribution is -2.51. The molecule has 5 nitrogen and oxygen atoms in total. The topological polar surface area (TPSA) is 61.4 Å². The number of hydrogen-bond acceptors (Lipinski definition) is 3. The number of fused-ring (bicyclic) bond motifs is 1. The first-order valence-corrected chi connectivity index (χ1v) is 9.82. The predicted octanol–water partition coefficient (Wildman–Crippen LogP) is 2.63. The first kappa shape index (κ1) is 21.7. The summed E-state index contributed by atoms with van der Waals surface area (Å²) in [6.07, 6.45) is 2.11. The lowest BCUT2D eigenvalue weighted by molar-refractivity contribution is -0.134. The van der Waals surface area contributed by atoms with Crippen LogP contribution in [0.4, 0.5) is 0 Å². The fraction of sp³-hybridized carbons (Fsp3) is 0.619. The van der Waals surface area contributed by atoms with Gasteiger partial charge >= 0.3 is 0 Å². The van der Waals surface area contributed by atoms with Gasteiger partial charge in [0.1, 0.15) is 6.04 Å². The maximum absolute atomic E-state index is 13.1. The monoisotopic (exact) mass is 393 g/mol. The average molecular weight is 394 g/mol. The molecule has 1 unspecified atom stereocenters. The van der Waals surface area contributed by atoms with Gasteiger partial charge in [0.15, 0.2) is 0 Å². The van der Waals surface area contributed by atoms with Crippen LogP contribution in [0, 0.1) is 24.7 Å². The molecule has 6 heteroatoms. The van der Waals surface area contributed by atoms with Crippen LogP contribution in [-0.4, -0.2) is 48.9 Å². The van der Waals surface area contributed by atoms with Gasteiger partial charge in [-0.3, -0.25) is 9.59 Å². The number of halogens is 1. The highest BCUT2D eigenvalue weighted by molar-refractivity contribution is 5.97. The van der Waals surface area contributed by atoms with Crippen molar-refractivity contribution in [3.05, 3.63) is 35.4 Å². The Hall–Kier alpha value is -1.59. The summed E-state index contributed by atoms with van der Waals surface area (Å²) in [5, 5.41) is 6.44. The molecule has 27 heavy (non-hydrogen) atoms. The van der Waals surface area contributed by atoms with E-state index in [1.165, 1.54) is 0 Å². The van der Waals surface area contributed by atoms with Gasteiger partial charge in [-0.2, -0.15) is 0 Å². The third-order valence-electron chi connectivity index (χ3n) is 5.86. The molecule has 0 bridgehead atoms. The standard InChI is InChI=1S/C21H31N3O2.ClH/c1-14(2)19(23-20(25)16-6-4-15(3)5-7-16)21(26)24-10-8-17-12-22-13-18(17)9-11-24;/h4-7,14,17-19,22H,8-13H2,1-3H3,(H,23,25);1H/t17-,18+,19?;. The number of likely N-dealkylation sites (tertiary alicyclic amines) is 1. The van der Waals surface area contributed by atoms with E-state index in [-0.39, 0.29) is 30.1 Å². The number of benzene rings is 1. The largest absolute Gasteiger partial charge is 0.341 e. The van der Waals surface area contributed by atoms with Gasteiger partial charge in [-0.15, -0.1) is 12.4 Å². The molecule has 0 radical (unpaired) electrons. The Balaban J connectivity index is 0.00000261. The second kappa shape index (κ2) is 9.56. The molecule has 0 spiro atoms. The molecule has 0 aromatic heterocycles. The quantitative estimate of drug-likeness (QED) is 0.826. The average Bonchev–Trinajstić information content (AvgIpc) is 2.97. The lowest BCUT2D eigenvalue weighted by Gasteiger charge is -2.29. The van der Waals surface area contributed by atoms with Gasteiger partial charge in [0.25, 0.3) is 5.91 Å². The molecule has 2 fully saturated rings. The van der Waals surface area contributed by atoms with Crippen LogP contribution in [0.5, 0.6) is 0 Å². The molecule has 2 aliphatic rings. The first-order valence-electron chi connectivity index (χ1n) is 9.82. The number of amides is 2. The summed E-state index contributed by atoms with van der Waals surface area (Å²) >= 11 is 0. The zero-order valence-corrected chi connectivity index (χ0v) is 17.3. The summed E-state index contributed by atoms with van der Waals surface area (Å²) in [6, 6.07) is 6.99. The van der Waals surface area contributed by atoms with E-state index in [1.54, 1.807) is 0 Å². The normalized spacial score (nSPS) is 23.2. The van der Waals surface area contributed by atoms with Crippen molar-refractivity contribution < 1.29 is 9.59 Å². The minimum Gasteiger partial charge on any atom is -0.341 e. The van der Waals surface area contributed by atoms with E-state index in [4.69, 9.17) is 0 Å². The second-order valence-electron chi connectivity index (χ2n) is 8.14. The van der Waals surface area contributed by atoms with Crippen molar-refractivity contribution in [3.63, 3.8) is 0 Å². The van der Waals surface area contributed by atoms with Crippen molar-refractivity contribution in [1.82, 2.24) is 15.5 Å². The molecule has 2 heterocycles. The van der Waals surface area contributed by atoms with Crippen LogP contribution < -0.4 is 10.6 Å². The number of carbonyl (C=O) groups excluding carboxylic acids is 2. The number of nitrogens with zero attached hydrogens (tertiary/aromatic N) is 1. The Bertz CT molecular complexity index is 633. The molecule has 1 aromatic rings. The molecule has 2 saturated heterocycles. The second-order valence-corrected chi connectivity index (χ2v) is 8.14. The van der Waals surface area contributed by atoms with Gasteiger partial charge in [0.2, 0.25) is 5.91 Å². The fourth-order valence-electron chi connectivity index (χ4n) is 4.08. The van der Waals surface area contributed by atoms with Gasteiger partial charge in [0.05, 0.1) is 0 Å². The summed E-state index contributed by atoms with van der Waals surface area (Å²) in [5.41, 5.74) is 1.72. The third-order valence-corrected chi connectivity index (χ3v) is 5.86. The maximum atomic E-state index is 13.1. The molecular weight excluding hydrogens is 362 g/mol. The van der Waals surface area contributed by atoms with E-state index in [1.807, 2.05) is 49.9 Å². The van der Waals surface area contributed by atoms with Gasteiger partial charge in [0, 0.05) is 18.7 Å². The van der Waals surface area contributed by atoms with E-state index in [0.29, 0.717) is 17.4 Å². The zero-order chi connectivity index (χ0) is 18.7. The summed E-state index contributed by atoms with van der Waals surface area (Å²) < 4.78 is 0. The van der Waals surface area contributed by atoms with Crippen molar-refractivity contribution in [2.45, 2.75) is 39.7 Å². The van der Waals surface area contributed by atoms with Crippen molar-refractivity contribution in [2.75, 3.05) is 26.2 Å². The molecule has 2 N–H and O–H groups in total. The fourth-order valence-corrected chi connectivity index (χ4v) is 4.08. The van der Waals surface area contributed by atoms with Gasteiger partial charge < -0.3 is 15.5 Å². The van der Waals surface area contributed by atoms with E-state index >= 15 is 0 Å². The highest BCUT2D eigenvalue weighted by atomic mass is 35.5. The van der Waals surface area contributed by atoms with Crippen molar-refractivity contribution >= 4 is 24.2 Å². The van der Waals surface area contributed by atoms with Gasteiger partial charge in [-0.1, -0.05) is 31.5 Å². The van der Waals surface area contributed by atoms with Gasteiger partial charge in [-0.25, -0.2) is 0 Å². The number of aryl methyl sites for hydroxylation is 1. The molecule has 0 aliphatic carbocycles. The Morgan fingerprint density at radius 1 is 1.07 bits per heavy atom. The number of rotatable bonds is 4. The van der Waals surface area contributed by atoms with E-state index in [2.05, 4.69) is 10.6 Å². The van der Waals surface area contributed by atoms with E-state index in [0.717, 1.165) is 44.6 Å². The molecule has 2 amide bonds. The summed E-state index contributed by atoms with van der Waals surface area (Å²) in [4.78, 5) is 27.7. The molecule has 0 saturated carbocycles. The van der Waals surface area contributed by atoms with Crippen LogP contribution in [0.25, 0.3) is 0 Å². The summed E-state index contributed by atoms with van der Waals surface area (Å²) in [6.45, 7) is 9.72. The number of carbonyl (C=O) groups is 2. The highest BCUT2D eigenvalue weighted by Crippen LogP contribution is 2.27. The van der Waals surface area contributed by atoms with Crippen LogP contribution in [0.2, 0.25) is 0 Å². The Labute approximate surface area is 168 Å². The molecule has 1 aromatic carbocycles. The molecular formula is C21H32ClN3O2. The van der Waals surface area contributed by atoms with Crippen LogP contribution in [0.15, 0.2) is 24.3 Å². The minimum atomic E-state index is -0.472. The zero-order valence-electron chi connectivity index (χ0n) is 16.5. The lowest BCUT2D eigenvalue weighted by atomic mass is 9.92. The van der Waals surface area contributed by atoms with Crippen LogP contribution >= 0.6 is 12.4 Å². The van der Waals surface area contributed by atoms with E-state index in [9.17, 15) is 9.59 Å². The van der Waals surface area contributed by atoms with Crippen LogP contribution in [0.1, 0.15) is 42.6 Å². The van der Waals surface area contributed by atoms with Gasteiger partial charge in [-0.05, 0) is 62.7 Å². The predicted molar refractivity (Wildman–Crippen MR) is 110 cm³/mol. The molecule has 150 valence electrons. The number of nitrogens with one attached hydrogen (secondary N) is 2. The molecule has 3 atom stereocenters. The van der Waals surface area contributed by atoms with Crippen LogP contribution in [0.3, 0.4) is 0 Å². The Kier molecular flexibility index (Phi) is 7.68.